The molecule has 120 valence electrons. The number of carbonyl (C=O) groups excluding carboxylic acids is 1. The molecular weight excluding hydrogens is 304 g/mol. The number of H-pyrrole nitrogens is 1. The van der Waals surface area contributed by atoms with E-state index in [0.717, 1.165) is 28.5 Å². The van der Waals surface area contributed by atoms with E-state index >= 15 is 0 Å². The van der Waals surface area contributed by atoms with E-state index in [1.807, 2.05) is 30.5 Å². The van der Waals surface area contributed by atoms with Gasteiger partial charge in [-0.3, -0.25) is 4.79 Å². The van der Waals surface area contributed by atoms with Crippen LogP contribution in [0.4, 0.5) is 0 Å². The Morgan fingerprint density at radius 2 is 2.00 bits per heavy atom. The van der Waals surface area contributed by atoms with E-state index in [9.17, 15) is 14.7 Å². The Kier molecular flexibility index (Phi) is 3.34. The van der Waals surface area contributed by atoms with Crippen LogP contribution < -0.4 is 0 Å². The van der Waals surface area contributed by atoms with Gasteiger partial charge in [0.25, 0.3) is 5.91 Å². The molecule has 0 aliphatic carbocycles. The van der Waals surface area contributed by atoms with E-state index in [-0.39, 0.29) is 11.5 Å². The number of aromatic carboxylic acids is 1. The molecule has 2 N–H and O–H groups in total. The lowest BCUT2D eigenvalue weighted by Crippen LogP contribution is -2.27. The van der Waals surface area contributed by atoms with E-state index in [2.05, 4.69) is 11.1 Å². The number of aromatic nitrogens is 1. The molecule has 5 nitrogen and oxygen atoms in total. The molecule has 0 radical (unpaired) electrons. The lowest BCUT2D eigenvalue weighted by molar-refractivity contribution is 0.0683. The second-order valence-corrected chi connectivity index (χ2v) is 5.98. The molecule has 4 rings (SSSR count). The molecule has 0 saturated carbocycles. The molecule has 0 saturated heterocycles. The van der Waals surface area contributed by atoms with Gasteiger partial charge in [0, 0.05) is 30.2 Å². The predicted octanol–water partition coefficient (Wildman–Crippen LogP) is 3.06. The first-order valence-corrected chi connectivity index (χ1v) is 7.84. The molecular formula is C19H16N2O3. The van der Waals surface area contributed by atoms with Gasteiger partial charge in [0.1, 0.15) is 0 Å². The number of benzene rings is 2. The van der Waals surface area contributed by atoms with Crippen molar-refractivity contribution in [1.29, 1.82) is 0 Å². The van der Waals surface area contributed by atoms with Crippen molar-refractivity contribution in [2.24, 2.45) is 0 Å². The van der Waals surface area contributed by atoms with Crippen molar-refractivity contribution < 1.29 is 14.7 Å². The highest BCUT2D eigenvalue weighted by Gasteiger charge is 2.31. The third-order valence-electron chi connectivity index (χ3n) is 4.57. The normalized spacial score (nSPS) is 13.5. The molecule has 0 unspecified atom stereocenters. The first-order chi connectivity index (χ1) is 11.6. The van der Waals surface area contributed by atoms with Gasteiger partial charge in [-0.15, -0.1) is 0 Å². The summed E-state index contributed by atoms with van der Waals surface area (Å²) in [5.41, 5.74) is 3.46. The molecule has 0 spiro atoms. The maximum absolute atomic E-state index is 12.6. The van der Waals surface area contributed by atoms with Crippen LogP contribution in [0.15, 0.2) is 48.7 Å². The second-order valence-electron chi connectivity index (χ2n) is 5.98. The zero-order chi connectivity index (χ0) is 16.7. The monoisotopic (exact) mass is 320 g/mol. The highest BCUT2D eigenvalue weighted by Crippen LogP contribution is 2.27. The summed E-state index contributed by atoms with van der Waals surface area (Å²) in [7, 11) is 0. The molecule has 2 aromatic carbocycles. The molecule has 1 aromatic heterocycles. The van der Waals surface area contributed by atoms with Crippen molar-refractivity contribution in [1.82, 2.24) is 9.88 Å². The van der Waals surface area contributed by atoms with Crippen molar-refractivity contribution in [3.63, 3.8) is 0 Å². The largest absolute Gasteiger partial charge is 0.478 e. The number of hydrogen-bond acceptors (Lipinski definition) is 2. The van der Waals surface area contributed by atoms with Crippen LogP contribution in [0, 0.1) is 0 Å². The van der Waals surface area contributed by atoms with Gasteiger partial charge >= 0.3 is 5.97 Å². The first-order valence-electron chi connectivity index (χ1n) is 7.84. The fourth-order valence-electron chi connectivity index (χ4n) is 3.37. The third-order valence-corrected chi connectivity index (χ3v) is 4.57. The summed E-state index contributed by atoms with van der Waals surface area (Å²) in [5, 5.41) is 10.4. The number of para-hydroxylation sites is 1. The molecule has 3 aromatic rings. The fraction of sp³-hybridized carbons (Fsp3) is 0.158. The topological polar surface area (TPSA) is 73.4 Å². The number of aromatic amines is 1. The minimum Gasteiger partial charge on any atom is -0.478 e. The molecule has 24 heavy (non-hydrogen) atoms. The summed E-state index contributed by atoms with van der Waals surface area (Å²) >= 11 is 0. The average Bonchev–Trinajstić information content (AvgIpc) is 3.14. The van der Waals surface area contributed by atoms with Gasteiger partial charge in [-0.2, -0.15) is 0 Å². The Hall–Kier alpha value is -3.08. The Bertz CT molecular complexity index is 958. The van der Waals surface area contributed by atoms with E-state index in [1.54, 1.807) is 11.0 Å². The minimum absolute atomic E-state index is 0.0899. The van der Waals surface area contributed by atoms with Gasteiger partial charge in [-0.05, 0) is 29.7 Å². The molecule has 1 amide bonds. The second kappa shape index (κ2) is 5.53. The van der Waals surface area contributed by atoms with Crippen molar-refractivity contribution in [2.45, 2.75) is 13.0 Å². The van der Waals surface area contributed by atoms with Gasteiger partial charge in [0.05, 0.1) is 11.1 Å². The molecule has 2 heterocycles. The number of carboxylic acids is 1. The standard InChI is InChI=1S/C19H16N2O3/c22-18-17-13(4-3-6-15(17)19(23)24)11-21(18)9-8-12-10-20-16-7-2-1-5-14(12)16/h1-7,10,20H,8-9,11H2,(H,23,24). The van der Waals surface area contributed by atoms with E-state index < -0.39 is 5.97 Å². The number of rotatable bonds is 4. The molecule has 0 fully saturated rings. The number of amides is 1. The molecule has 5 heteroatoms. The molecule has 1 aliphatic heterocycles. The Morgan fingerprint density at radius 3 is 2.83 bits per heavy atom. The third kappa shape index (κ3) is 2.25. The van der Waals surface area contributed by atoms with Crippen LogP contribution >= 0.6 is 0 Å². The van der Waals surface area contributed by atoms with Crippen molar-refractivity contribution in [3.8, 4) is 0 Å². The van der Waals surface area contributed by atoms with E-state index in [1.165, 1.54) is 6.07 Å². The Labute approximate surface area is 138 Å². The smallest absolute Gasteiger partial charge is 0.336 e. The maximum Gasteiger partial charge on any atom is 0.336 e. The van der Waals surface area contributed by atoms with Crippen molar-refractivity contribution in [3.05, 3.63) is 70.9 Å². The summed E-state index contributed by atoms with van der Waals surface area (Å²) in [4.78, 5) is 28.9. The Balaban J connectivity index is 1.56. The lowest BCUT2D eigenvalue weighted by atomic mass is 10.0. The average molecular weight is 320 g/mol. The van der Waals surface area contributed by atoms with Gasteiger partial charge in [0.2, 0.25) is 0 Å². The molecule has 0 atom stereocenters. The van der Waals surface area contributed by atoms with Crippen LogP contribution in [-0.4, -0.2) is 33.4 Å². The number of nitrogens with one attached hydrogen (secondary N) is 1. The summed E-state index contributed by atoms with van der Waals surface area (Å²) in [5.74, 6) is -1.25. The molecule has 1 aliphatic rings. The number of carboxylic acid groups (broad SMARTS) is 1. The number of nitrogens with zero attached hydrogens (tertiary/aromatic N) is 1. The van der Waals surface area contributed by atoms with Crippen LogP contribution in [0.2, 0.25) is 0 Å². The Morgan fingerprint density at radius 1 is 1.17 bits per heavy atom. The summed E-state index contributed by atoms with van der Waals surface area (Å²) < 4.78 is 0. The predicted molar refractivity (Wildman–Crippen MR) is 90.1 cm³/mol. The van der Waals surface area contributed by atoms with Gasteiger partial charge < -0.3 is 15.0 Å². The van der Waals surface area contributed by atoms with Crippen LogP contribution in [-0.2, 0) is 13.0 Å². The molecule has 0 bridgehead atoms. The number of hydrogen-bond donors (Lipinski definition) is 2. The summed E-state index contributed by atoms with van der Waals surface area (Å²) in [6.45, 7) is 1.03. The van der Waals surface area contributed by atoms with Gasteiger partial charge in [-0.25, -0.2) is 4.79 Å². The van der Waals surface area contributed by atoms with E-state index in [4.69, 9.17) is 0 Å². The van der Waals surface area contributed by atoms with Gasteiger partial charge in [-0.1, -0.05) is 30.3 Å². The highest BCUT2D eigenvalue weighted by atomic mass is 16.4. The summed E-state index contributed by atoms with van der Waals surface area (Å²) in [6.07, 6.45) is 2.70. The fourth-order valence-corrected chi connectivity index (χ4v) is 3.37. The number of fused-ring (bicyclic) bond motifs is 2. The minimum atomic E-state index is -1.06. The number of carbonyl (C=O) groups is 2. The zero-order valence-electron chi connectivity index (χ0n) is 13.0. The van der Waals surface area contributed by atoms with Gasteiger partial charge in [0.15, 0.2) is 0 Å². The van der Waals surface area contributed by atoms with Crippen molar-refractivity contribution in [2.75, 3.05) is 6.54 Å². The van der Waals surface area contributed by atoms with Crippen LogP contribution in [0.3, 0.4) is 0 Å². The van der Waals surface area contributed by atoms with Crippen LogP contribution in [0.25, 0.3) is 10.9 Å². The summed E-state index contributed by atoms with van der Waals surface area (Å²) in [6, 6.07) is 13.1. The van der Waals surface area contributed by atoms with Crippen LogP contribution in [0.1, 0.15) is 31.8 Å². The van der Waals surface area contributed by atoms with Crippen molar-refractivity contribution >= 4 is 22.8 Å². The first kappa shape index (κ1) is 14.5. The lowest BCUT2D eigenvalue weighted by Gasteiger charge is -2.15. The SMILES string of the molecule is O=C(O)c1cccc2c1C(=O)N(CCc1c[nH]c3ccccc13)C2. The van der Waals surface area contributed by atoms with Crippen LogP contribution in [0.5, 0.6) is 0 Å². The zero-order valence-corrected chi connectivity index (χ0v) is 13.0. The maximum atomic E-state index is 12.6. The highest BCUT2D eigenvalue weighted by molar-refractivity contribution is 6.07. The quantitative estimate of drug-likeness (QED) is 0.776. The van der Waals surface area contributed by atoms with E-state index in [0.29, 0.717) is 18.7 Å².